The second kappa shape index (κ2) is 6.83. The number of halogens is 1. The van der Waals surface area contributed by atoms with Crippen LogP contribution in [0.25, 0.3) is 0 Å². The van der Waals surface area contributed by atoms with Crippen LogP contribution in [-0.4, -0.2) is 23.3 Å². The maximum Gasteiger partial charge on any atom is 0.226 e. The second-order valence-corrected chi connectivity index (χ2v) is 5.94. The van der Waals surface area contributed by atoms with Gasteiger partial charge in [0.25, 0.3) is 0 Å². The lowest BCUT2D eigenvalue weighted by molar-refractivity contribution is -0.132. The Morgan fingerprint density at radius 1 is 1.21 bits per heavy atom. The van der Waals surface area contributed by atoms with Gasteiger partial charge in [-0.15, -0.1) is 0 Å². The lowest BCUT2D eigenvalue weighted by Gasteiger charge is -2.36. The van der Waals surface area contributed by atoms with E-state index < -0.39 is 5.82 Å². The number of carbonyl (C=O) groups excluding carboxylic acids is 2. The number of benzene rings is 2. The first kappa shape index (κ1) is 16.2. The van der Waals surface area contributed by atoms with Crippen LogP contribution in [-0.2, 0) is 16.0 Å². The molecule has 0 saturated carbocycles. The molecule has 2 aromatic carbocycles. The average molecular weight is 326 g/mol. The van der Waals surface area contributed by atoms with E-state index in [2.05, 4.69) is 5.32 Å². The van der Waals surface area contributed by atoms with Crippen LogP contribution in [0.2, 0.25) is 0 Å². The standard InChI is InChI=1S/C19H19FN2O2/c1-13(23)22-10-9-14-5-2-3-8-17(14)18(22)12-19(24)21-16-7-4-6-15(20)11-16/h2-8,11,18H,9-10,12H2,1H3,(H,21,24). The lowest BCUT2D eigenvalue weighted by atomic mass is 9.90. The zero-order valence-corrected chi connectivity index (χ0v) is 13.5. The van der Waals surface area contributed by atoms with E-state index in [1.807, 2.05) is 24.3 Å². The van der Waals surface area contributed by atoms with Gasteiger partial charge >= 0.3 is 0 Å². The summed E-state index contributed by atoms with van der Waals surface area (Å²) >= 11 is 0. The number of nitrogens with zero attached hydrogens (tertiary/aromatic N) is 1. The molecule has 1 atom stereocenters. The van der Waals surface area contributed by atoms with E-state index >= 15 is 0 Å². The Balaban J connectivity index is 1.80. The number of amides is 2. The topological polar surface area (TPSA) is 49.4 Å². The van der Waals surface area contributed by atoms with Gasteiger partial charge in [-0.05, 0) is 35.7 Å². The number of anilines is 1. The van der Waals surface area contributed by atoms with Crippen molar-refractivity contribution in [1.82, 2.24) is 4.90 Å². The maximum atomic E-state index is 13.2. The molecule has 0 radical (unpaired) electrons. The van der Waals surface area contributed by atoms with Crippen molar-refractivity contribution in [3.63, 3.8) is 0 Å². The zero-order valence-electron chi connectivity index (χ0n) is 13.5. The van der Waals surface area contributed by atoms with Crippen LogP contribution >= 0.6 is 0 Å². The third kappa shape index (κ3) is 3.45. The molecule has 0 fully saturated rings. The fraction of sp³-hybridized carbons (Fsp3) is 0.263. The van der Waals surface area contributed by atoms with Crippen molar-refractivity contribution < 1.29 is 14.0 Å². The van der Waals surface area contributed by atoms with Crippen molar-refractivity contribution in [2.45, 2.75) is 25.8 Å². The molecule has 0 bridgehead atoms. The summed E-state index contributed by atoms with van der Waals surface area (Å²) in [5, 5.41) is 2.70. The number of hydrogen-bond acceptors (Lipinski definition) is 2. The molecule has 1 N–H and O–H groups in total. The highest BCUT2D eigenvalue weighted by Gasteiger charge is 2.30. The molecule has 4 nitrogen and oxygen atoms in total. The summed E-state index contributed by atoms with van der Waals surface area (Å²) < 4.78 is 13.2. The Kier molecular flexibility index (Phi) is 4.60. The molecule has 1 aliphatic rings. The molecular weight excluding hydrogens is 307 g/mol. The van der Waals surface area contributed by atoms with Crippen molar-refractivity contribution in [2.75, 3.05) is 11.9 Å². The average Bonchev–Trinajstić information content (AvgIpc) is 2.54. The number of hydrogen-bond donors (Lipinski definition) is 1. The van der Waals surface area contributed by atoms with Gasteiger partial charge in [-0.2, -0.15) is 0 Å². The monoisotopic (exact) mass is 326 g/mol. The SMILES string of the molecule is CC(=O)N1CCc2ccccc2C1CC(=O)Nc1cccc(F)c1. The molecule has 0 aliphatic carbocycles. The van der Waals surface area contributed by atoms with E-state index in [1.165, 1.54) is 24.6 Å². The maximum absolute atomic E-state index is 13.2. The fourth-order valence-electron chi connectivity index (χ4n) is 3.20. The predicted octanol–water partition coefficient (Wildman–Crippen LogP) is 3.30. The molecule has 2 aromatic rings. The third-order valence-electron chi connectivity index (χ3n) is 4.30. The summed E-state index contributed by atoms with van der Waals surface area (Å²) in [4.78, 5) is 26.1. The van der Waals surface area contributed by atoms with Gasteiger partial charge in [-0.25, -0.2) is 4.39 Å². The minimum absolute atomic E-state index is 0.0481. The Bertz CT molecular complexity index is 775. The van der Waals surface area contributed by atoms with Gasteiger partial charge in [0.05, 0.1) is 12.5 Å². The van der Waals surface area contributed by atoms with Gasteiger partial charge in [0, 0.05) is 19.2 Å². The van der Waals surface area contributed by atoms with Crippen LogP contribution < -0.4 is 5.32 Å². The van der Waals surface area contributed by atoms with Crippen molar-refractivity contribution in [3.8, 4) is 0 Å². The van der Waals surface area contributed by atoms with E-state index in [9.17, 15) is 14.0 Å². The highest BCUT2D eigenvalue weighted by atomic mass is 19.1. The van der Waals surface area contributed by atoms with E-state index in [4.69, 9.17) is 0 Å². The Morgan fingerprint density at radius 2 is 2.00 bits per heavy atom. The zero-order chi connectivity index (χ0) is 17.1. The number of fused-ring (bicyclic) bond motifs is 1. The first-order chi connectivity index (χ1) is 11.5. The number of nitrogens with one attached hydrogen (secondary N) is 1. The third-order valence-corrected chi connectivity index (χ3v) is 4.30. The molecule has 0 spiro atoms. The van der Waals surface area contributed by atoms with Gasteiger partial charge < -0.3 is 10.2 Å². The van der Waals surface area contributed by atoms with Crippen molar-refractivity contribution in [1.29, 1.82) is 0 Å². The van der Waals surface area contributed by atoms with E-state index in [1.54, 1.807) is 17.0 Å². The normalized spacial score (nSPS) is 16.4. The minimum Gasteiger partial charge on any atom is -0.335 e. The first-order valence-corrected chi connectivity index (χ1v) is 7.95. The summed E-state index contributed by atoms with van der Waals surface area (Å²) in [6.07, 6.45) is 0.935. The van der Waals surface area contributed by atoms with Gasteiger partial charge in [-0.1, -0.05) is 30.3 Å². The smallest absolute Gasteiger partial charge is 0.226 e. The summed E-state index contributed by atoms with van der Waals surface area (Å²) in [6.45, 7) is 2.12. The quantitative estimate of drug-likeness (QED) is 0.941. The molecule has 1 aliphatic heterocycles. The number of rotatable bonds is 3. The highest BCUT2D eigenvalue weighted by molar-refractivity contribution is 5.91. The Hall–Kier alpha value is -2.69. The van der Waals surface area contributed by atoms with Crippen molar-refractivity contribution in [3.05, 3.63) is 65.5 Å². The molecule has 124 valence electrons. The van der Waals surface area contributed by atoms with Gasteiger partial charge in [0.1, 0.15) is 5.82 Å². The minimum atomic E-state index is -0.402. The Morgan fingerprint density at radius 3 is 2.75 bits per heavy atom. The van der Waals surface area contributed by atoms with Crippen LogP contribution in [0.5, 0.6) is 0 Å². The predicted molar refractivity (Wildman–Crippen MR) is 89.9 cm³/mol. The van der Waals surface area contributed by atoms with E-state index in [-0.39, 0.29) is 24.3 Å². The second-order valence-electron chi connectivity index (χ2n) is 5.94. The summed E-state index contributed by atoms with van der Waals surface area (Å²) in [5.74, 6) is -0.692. The summed E-state index contributed by atoms with van der Waals surface area (Å²) in [7, 11) is 0. The summed E-state index contributed by atoms with van der Waals surface area (Å²) in [6, 6.07) is 13.4. The lowest BCUT2D eigenvalue weighted by Crippen LogP contribution is -2.40. The van der Waals surface area contributed by atoms with Crippen LogP contribution in [0, 0.1) is 5.82 Å². The van der Waals surface area contributed by atoms with Crippen LogP contribution in [0.1, 0.15) is 30.5 Å². The highest BCUT2D eigenvalue weighted by Crippen LogP contribution is 2.32. The molecule has 5 heteroatoms. The van der Waals surface area contributed by atoms with Gasteiger partial charge in [0.15, 0.2) is 0 Å². The largest absolute Gasteiger partial charge is 0.335 e. The van der Waals surface area contributed by atoms with Crippen molar-refractivity contribution >= 4 is 17.5 Å². The fourth-order valence-corrected chi connectivity index (χ4v) is 3.20. The van der Waals surface area contributed by atoms with Crippen molar-refractivity contribution in [2.24, 2.45) is 0 Å². The molecule has 1 unspecified atom stereocenters. The Labute approximate surface area is 140 Å². The molecule has 1 heterocycles. The van der Waals surface area contributed by atoms with Crippen LogP contribution in [0.3, 0.4) is 0 Å². The molecule has 0 aromatic heterocycles. The van der Waals surface area contributed by atoms with Gasteiger partial charge in [0.2, 0.25) is 11.8 Å². The molecule has 3 rings (SSSR count). The van der Waals surface area contributed by atoms with E-state index in [0.717, 1.165) is 12.0 Å². The van der Waals surface area contributed by atoms with Crippen LogP contribution in [0.15, 0.2) is 48.5 Å². The van der Waals surface area contributed by atoms with Crippen LogP contribution in [0.4, 0.5) is 10.1 Å². The molecular formula is C19H19FN2O2. The molecule has 0 saturated heterocycles. The van der Waals surface area contributed by atoms with Gasteiger partial charge in [-0.3, -0.25) is 9.59 Å². The van der Waals surface area contributed by atoms with E-state index in [0.29, 0.717) is 12.2 Å². The molecule has 2 amide bonds. The first-order valence-electron chi connectivity index (χ1n) is 7.95. The summed E-state index contributed by atoms with van der Waals surface area (Å²) in [5.41, 5.74) is 2.59. The molecule has 24 heavy (non-hydrogen) atoms. The number of carbonyl (C=O) groups is 2.